The molecule has 0 bridgehead atoms. The summed E-state index contributed by atoms with van der Waals surface area (Å²) in [5, 5.41) is 140. The van der Waals surface area contributed by atoms with Crippen LogP contribution in [0.1, 0.15) is 113 Å². The predicted octanol–water partition coefficient (Wildman–Crippen LogP) is -0.832. The third kappa shape index (κ3) is 9.50. The molecule has 4 heterocycles. The van der Waals surface area contributed by atoms with Crippen molar-refractivity contribution >= 4 is 5.97 Å². The second-order valence-electron chi connectivity index (χ2n) is 26.0. The van der Waals surface area contributed by atoms with Crippen molar-refractivity contribution in [2.45, 2.75) is 242 Å². The molecule has 430 valence electrons. The molecule has 13 N–H and O–H groups in total. The Kier molecular flexibility index (Phi) is 16.1. The maximum atomic E-state index is 12.6. The van der Waals surface area contributed by atoms with Crippen LogP contribution in [0.3, 0.4) is 0 Å². The van der Waals surface area contributed by atoms with Crippen LogP contribution in [-0.2, 0) is 42.7 Å². The number of aliphatic carboxylic acids is 1. The summed E-state index contributed by atoms with van der Waals surface area (Å²) in [4.78, 5) is 12.6. The maximum Gasteiger partial charge on any atom is 0.335 e. The van der Waals surface area contributed by atoms with Gasteiger partial charge in [-0.05, 0) is 110 Å². The molecule has 5 aliphatic carbocycles. The third-order valence-corrected chi connectivity index (χ3v) is 21.3. The first-order valence-electron chi connectivity index (χ1n) is 27.2. The van der Waals surface area contributed by atoms with Crippen LogP contribution in [0.4, 0.5) is 0 Å². The smallest absolute Gasteiger partial charge is 0.335 e. The van der Waals surface area contributed by atoms with E-state index in [1.807, 2.05) is 0 Å². The normalized spacial score (nSPS) is 55.9. The van der Waals surface area contributed by atoms with Crippen LogP contribution in [0.5, 0.6) is 0 Å². The van der Waals surface area contributed by atoms with Gasteiger partial charge in [-0.15, -0.1) is 0 Å². The number of carbonyl (C=O) groups is 1. The van der Waals surface area contributed by atoms with Crippen LogP contribution in [0, 0.1) is 50.2 Å². The summed E-state index contributed by atoms with van der Waals surface area (Å²) < 4.78 is 47.2. The number of carboxylic acid groups (broad SMARTS) is 1. The molecule has 4 saturated heterocycles. The summed E-state index contributed by atoms with van der Waals surface area (Å²) in [6.45, 7) is 16.4. The van der Waals surface area contributed by atoms with Crippen molar-refractivity contribution < 1.29 is 109 Å². The monoisotopic (exact) mass is 1070 g/mol. The van der Waals surface area contributed by atoms with Gasteiger partial charge < -0.3 is 104 Å². The summed E-state index contributed by atoms with van der Waals surface area (Å²) in [5.74, 6) is -1.17. The highest BCUT2D eigenvalue weighted by Gasteiger charge is 2.69. The van der Waals surface area contributed by atoms with E-state index in [4.69, 9.17) is 37.9 Å². The molecule has 0 amide bonds. The minimum Gasteiger partial charge on any atom is -0.479 e. The molecule has 22 nitrogen and oxygen atoms in total. The van der Waals surface area contributed by atoms with Gasteiger partial charge in [-0.1, -0.05) is 60.1 Å². The highest BCUT2D eigenvalue weighted by atomic mass is 16.8. The van der Waals surface area contributed by atoms with Crippen molar-refractivity contribution in [3.8, 4) is 0 Å². The van der Waals surface area contributed by atoms with E-state index in [0.717, 1.165) is 38.5 Å². The van der Waals surface area contributed by atoms with Gasteiger partial charge in [-0.3, -0.25) is 0 Å². The zero-order valence-electron chi connectivity index (χ0n) is 44.4. The number of rotatable bonds is 11. The molecule has 8 fully saturated rings. The first-order valence-corrected chi connectivity index (χ1v) is 27.2. The molecular weight excluding hydrogens is 989 g/mol. The molecular formula is C53H86O22. The van der Waals surface area contributed by atoms with Crippen LogP contribution < -0.4 is 0 Å². The molecule has 0 aromatic heterocycles. The van der Waals surface area contributed by atoms with Crippen molar-refractivity contribution in [1.82, 2.24) is 0 Å². The number of hydrogen-bond acceptors (Lipinski definition) is 21. The summed E-state index contributed by atoms with van der Waals surface area (Å²) in [6.07, 6.45) is -22.1. The number of fused-ring (bicyclic) bond motifs is 7. The molecule has 29 atom stereocenters. The fraction of sp³-hybridized carbons (Fsp3) is 0.943. The minimum atomic E-state index is -1.98. The minimum absolute atomic E-state index is 0.0197. The third-order valence-electron chi connectivity index (χ3n) is 21.3. The van der Waals surface area contributed by atoms with Crippen LogP contribution in [-0.4, -0.2) is 221 Å². The molecule has 0 radical (unpaired) electrons. The van der Waals surface area contributed by atoms with Crippen LogP contribution in [0.15, 0.2) is 11.6 Å². The van der Waals surface area contributed by atoms with Gasteiger partial charge in [0.15, 0.2) is 31.3 Å². The Morgan fingerprint density at radius 2 is 1.29 bits per heavy atom. The summed E-state index contributed by atoms with van der Waals surface area (Å²) in [7, 11) is 0. The second kappa shape index (κ2) is 20.7. The van der Waals surface area contributed by atoms with E-state index in [1.54, 1.807) is 0 Å². The second-order valence-corrected chi connectivity index (χ2v) is 26.0. The van der Waals surface area contributed by atoms with E-state index in [1.165, 1.54) is 12.5 Å². The van der Waals surface area contributed by atoms with Gasteiger partial charge >= 0.3 is 5.97 Å². The Morgan fingerprint density at radius 1 is 0.640 bits per heavy atom. The SMILES string of the molecule is CC1OC(OC2C(O)C(OC3CCC4(C)C(CCC5(C)C4CC=C4C6CC(C)(COC7OC(CO)C(O)C(O)C7O)CC(O)C6(C)CCC45C)C3(C)C)OC(C(=O)O)C2O)C(O)C(O)C1OC1OCC(O)C(O)C1O. The van der Waals surface area contributed by atoms with Crippen LogP contribution in [0.2, 0.25) is 0 Å². The van der Waals surface area contributed by atoms with Crippen molar-refractivity contribution in [2.75, 3.05) is 19.8 Å². The lowest BCUT2D eigenvalue weighted by Gasteiger charge is -2.71. The number of allylic oxidation sites excluding steroid dienone is 2. The molecule has 0 spiro atoms. The van der Waals surface area contributed by atoms with Gasteiger partial charge in [0.2, 0.25) is 0 Å². The summed E-state index contributed by atoms with van der Waals surface area (Å²) >= 11 is 0. The van der Waals surface area contributed by atoms with E-state index < -0.39 is 158 Å². The Hall–Kier alpha value is -1.59. The topological polar surface area (TPSA) is 354 Å². The number of hydrogen-bond donors (Lipinski definition) is 13. The van der Waals surface area contributed by atoms with Crippen LogP contribution in [0.25, 0.3) is 0 Å². The first kappa shape index (κ1) is 58.1. The lowest BCUT2D eigenvalue weighted by Crippen LogP contribution is -2.67. The van der Waals surface area contributed by atoms with E-state index in [-0.39, 0.29) is 47.2 Å². The highest BCUT2D eigenvalue weighted by molar-refractivity contribution is 5.73. The predicted molar refractivity (Wildman–Crippen MR) is 257 cm³/mol. The lowest BCUT2D eigenvalue weighted by atomic mass is 9.33. The van der Waals surface area contributed by atoms with Gasteiger partial charge in [0.25, 0.3) is 0 Å². The Bertz CT molecular complexity index is 2080. The van der Waals surface area contributed by atoms with Gasteiger partial charge in [0.1, 0.15) is 79.4 Å². The number of aliphatic hydroxyl groups is 12. The van der Waals surface area contributed by atoms with E-state index >= 15 is 0 Å². The van der Waals surface area contributed by atoms with E-state index in [0.29, 0.717) is 19.3 Å². The zero-order chi connectivity index (χ0) is 54.9. The van der Waals surface area contributed by atoms with Gasteiger partial charge in [-0.2, -0.15) is 0 Å². The summed E-state index contributed by atoms with van der Waals surface area (Å²) in [5.41, 5.74) is -0.670. The molecule has 22 heteroatoms. The van der Waals surface area contributed by atoms with Crippen molar-refractivity contribution in [3.05, 3.63) is 11.6 Å². The lowest BCUT2D eigenvalue weighted by molar-refractivity contribution is -0.375. The molecule has 0 aromatic rings. The average Bonchev–Trinajstić information content (AvgIpc) is 3.34. The molecule has 0 aromatic carbocycles. The average molecular weight is 1080 g/mol. The molecule has 75 heavy (non-hydrogen) atoms. The first-order chi connectivity index (χ1) is 35.0. The largest absolute Gasteiger partial charge is 0.479 e. The Morgan fingerprint density at radius 3 is 1.97 bits per heavy atom. The summed E-state index contributed by atoms with van der Waals surface area (Å²) in [6, 6.07) is 0. The fourth-order valence-corrected chi connectivity index (χ4v) is 16.4. The fourth-order valence-electron chi connectivity index (χ4n) is 16.4. The van der Waals surface area contributed by atoms with E-state index in [9.17, 15) is 71.2 Å². The van der Waals surface area contributed by atoms with Crippen molar-refractivity contribution in [1.29, 1.82) is 0 Å². The Labute approximate surface area is 437 Å². The van der Waals surface area contributed by atoms with Crippen molar-refractivity contribution in [2.24, 2.45) is 50.2 Å². The molecule has 9 rings (SSSR count). The highest BCUT2D eigenvalue weighted by Crippen LogP contribution is 2.76. The Balaban J connectivity index is 0.892. The molecule has 4 saturated carbocycles. The molecule has 29 unspecified atom stereocenters. The van der Waals surface area contributed by atoms with Gasteiger partial charge in [-0.25, -0.2) is 4.79 Å². The standard InChI is InChI=1S/C53H86O22/c1-22-40(73-44-35(61)31(57)25(55)20-68-44)34(60)37(63)46(70-22)74-41-38(64)42(43(66)67)75-47(39(41)65)72-30-12-13-51(6)27(48(30,2)3)11-14-53(8)28(51)10-9-23-24-17-49(4,18-29(56)50(24,5)15-16-52(23,53)7)21-69-45-36(62)33(59)32(58)26(19-54)71-45/h9,22,24-42,44-47,54-65H,10-21H2,1-8H3,(H,66,67). The maximum absolute atomic E-state index is 12.6. The van der Waals surface area contributed by atoms with E-state index in [2.05, 4.69) is 54.5 Å². The number of ether oxygens (including phenoxy) is 8. The number of carboxylic acids is 1. The van der Waals surface area contributed by atoms with Crippen LogP contribution >= 0.6 is 0 Å². The molecule has 9 aliphatic rings. The van der Waals surface area contributed by atoms with Crippen molar-refractivity contribution in [3.63, 3.8) is 0 Å². The van der Waals surface area contributed by atoms with Gasteiger partial charge in [0, 0.05) is 5.41 Å². The van der Waals surface area contributed by atoms with Gasteiger partial charge in [0.05, 0.1) is 38.1 Å². The molecule has 4 aliphatic heterocycles. The quantitative estimate of drug-likeness (QED) is 0.0887. The zero-order valence-corrected chi connectivity index (χ0v) is 44.4. The number of aliphatic hydroxyl groups excluding tert-OH is 12.